The third-order valence-corrected chi connectivity index (χ3v) is 3.60. The molecule has 0 radical (unpaired) electrons. The normalized spacial score (nSPS) is 19.6. The van der Waals surface area contributed by atoms with E-state index in [9.17, 15) is 0 Å². The van der Waals surface area contributed by atoms with Gasteiger partial charge >= 0.3 is 0 Å². The predicted molar refractivity (Wildman–Crippen MR) is 68.4 cm³/mol. The molecule has 1 fully saturated rings. The number of nitrogens with zero attached hydrogens (tertiary/aromatic N) is 1. The van der Waals surface area contributed by atoms with Gasteiger partial charge in [-0.15, -0.1) is 0 Å². The standard InChI is InChI=1S/C14H22N2/c1-12-7-3-4-8-13(12)14(11-15)16-9-5-2-6-10-16/h3-4,7-8,14H,2,5-6,9-11,15H2,1H3. The Balaban J connectivity index is 2.18. The molecule has 1 aromatic carbocycles. The number of likely N-dealkylation sites (tertiary alicyclic amines) is 1. The summed E-state index contributed by atoms with van der Waals surface area (Å²) in [5.74, 6) is 0. The van der Waals surface area contributed by atoms with Crippen LogP contribution in [0.2, 0.25) is 0 Å². The van der Waals surface area contributed by atoms with Crippen LogP contribution in [0.15, 0.2) is 24.3 Å². The van der Waals surface area contributed by atoms with Crippen LogP contribution in [-0.4, -0.2) is 24.5 Å². The van der Waals surface area contributed by atoms with Gasteiger partial charge in [0.15, 0.2) is 0 Å². The minimum atomic E-state index is 0.418. The maximum absolute atomic E-state index is 5.96. The zero-order valence-corrected chi connectivity index (χ0v) is 10.2. The maximum atomic E-state index is 5.96. The largest absolute Gasteiger partial charge is 0.329 e. The van der Waals surface area contributed by atoms with Crippen LogP contribution in [0.5, 0.6) is 0 Å². The lowest BCUT2D eigenvalue weighted by Crippen LogP contribution is -2.37. The fraction of sp³-hybridized carbons (Fsp3) is 0.571. The van der Waals surface area contributed by atoms with Crippen LogP contribution in [0.4, 0.5) is 0 Å². The van der Waals surface area contributed by atoms with Crippen LogP contribution in [0, 0.1) is 6.92 Å². The lowest BCUT2D eigenvalue weighted by Gasteiger charge is -2.34. The van der Waals surface area contributed by atoms with Crippen LogP contribution in [-0.2, 0) is 0 Å². The first-order valence-electron chi connectivity index (χ1n) is 6.32. The van der Waals surface area contributed by atoms with Crippen molar-refractivity contribution >= 4 is 0 Å². The molecule has 2 rings (SSSR count). The van der Waals surface area contributed by atoms with Crippen molar-refractivity contribution in [3.05, 3.63) is 35.4 Å². The summed E-state index contributed by atoms with van der Waals surface area (Å²) in [5.41, 5.74) is 8.74. The first kappa shape index (κ1) is 11.6. The summed E-state index contributed by atoms with van der Waals surface area (Å²) < 4.78 is 0. The van der Waals surface area contributed by atoms with Gasteiger partial charge in [-0.25, -0.2) is 0 Å². The lowest BCUT2D eigenvalue weighted by molar-refractivity contribution is 0.167. The Hall–Kier alpha value is -0.860. The molecule has 0 aromatic heterocycles. The Morgan fingerprint density at radius 1 is 1.19 bits per heavy atom. The number of aryl methyl sites for hydroxylation is 1. The van der Waals surface area contributed by atoms with Gasteiger partial charge in [0.2, 0.25) is 0 Å². The molecule has 1 aliphatic heterocycles. The molecule has 2 N–H and O–H groups in total. The van der Waals surface area contributed by atoms with Crippen LogP contribution in [0.3, 0.4) is 0 Å². The van der Waals surface area contributed by atoms with E-state index in [0.717, 1.165) is 6.54 Å². The van der Waals surface area contributed by atoms with E-state index in [0.29, 0.717) is 6.04 Å². The van der Waals surface area contributed by atoms with Crippen molar-refractivity contribution in [1.29, 1.82) is 0 Å². The third kappa shape index (κ3) is 2.45. The molecular weight excluding hydrogens is 196 g/mol. The van der Waals surface area contributed by atoms with Crippen molar-refractivity contribution in [3.8, 4) is 0 Å². The highest BCUT2D eigenvalue weighted by atomic mass is 15.2. The van der Waals surface area contributed by atoms with Crippen LogP contribution >= 0.6 is 0 Å². The minimum absolute atomic E-state index is 0.418. The van der Waals surface area contributed by atoms with Gasteiger partial charge in [-0.1, -0.05) is 30.7 Å². The summed E-state index contributed by atoms with van der Waals surface area (Å²) in [6.45, 7) is 5.32. The van der Waals surface area contributed by atoms with E-state index < -0.39 is 0 Å². The maximum Gasteiger partial charge on any atom is 0.0473 e. The number of hydrogen-bond acceptors (Lipinski definition) is 2. The molecule has 2 nitrogen and oxygen atoms in total. The fourth-order valence-corrected chi connectivity index (χ4v) is 2.66. The third-order valence-electron chi connectivity index (χ3n) is 3.60. The molecular formula is C14H22N2. The zero-order chi connectivity index (χ0) is 11.4. The highest BCUT2D eigenvalue weighted by Crippen LogP contribution is 2.25. The van der Waals surface area contributed by atoms with Crippen molar-refractivity contribution in [2.45, 2.75) is 32.2 Å². The second kappa shape index (κ2) is 5.46. The summed E-state index contributed by atoms with van der Waals surface area (Å²) in [7, 11) is 0. The van der Waals surface area contributed by atoms with Gasteiger partial charge in [0.25, 0.3) is 0 Å². The van der Waals surface area contributed by atoms with E-state index in [1.807, 2.05) is 0 Å². The monoisotopic (exact) mass is 218 g/mol. The second-order valence-corrected chi connectivity index (χ2v) is 4.70. The lowest BCUT2D eigenvalue weighted by atomic mass is 9.98. The second-order valence-electron chi connectivity index (χ2n) is 4.70. The molecule has 1 unspecified atom stereocenters. The molecule has 1 atom stereocenters. The molecule has 0 saturated carbocycles. The molecule has 1 aromatic rings. The minimum Gasteiger partial charge on any atom is -0.329 e. The van der Waals surface area contributed by atoms with Crippen molar-refractivity contribution < 1.29 is 0 Å². The van der Waals surface area contributed by atoms with E-state index in [2.05, 4.69) is 36.1 Å². The number of nitrogens with two attached hydrogens (primary N) is 1. The zero-order valence-electron chi connectivity index (χ0n) is 10.2. The number of rotatable bonds is 3. The molecule has 1 heterocycles. The molecule has 2 heteroatoms. The van der Waals surface area contributed by atoms with Crippen LogP contribution < -0.4 is 5.73 Å². The van der Waals surface area contributed by atoms with E-state index in [4.69, 9.17) is 5.73 Å². The van der Waals surface area contributed by atoms with Gasteiger partial charge in [-0.05, 0) is 44.0 Å². The molecule has 1 saturated heterocycles. The van der Waals surface area contributed by atoms with Crippen molar-refractivity contribution in [2.75, 3.05) is 19.6 Å². The van der Waals surface area contributed by atoms with Crippen molar-refractivity contribution in [2.24, 2.45) is 5.73 Å². The van der Waals surface area contributed by atoms with Crippen molar-refractivity contribution in [1.82, 2.24) is 4.90 Å². The summed E-state index contributed by atoms with van der Waals surface area (Å²) in [4.78, 5) is 2.55. The van der Waals surface area contributed by atoms with Gasteiger partial charge in [0.05, 0.1) is 0 Å². The van der Waals surface area contributed by atoms with E-state index in [-0.39, 0.29) is 0 Å². The molecule has 0 spiro atoms. The first-order valence-corrected chi connectivity index (χ1v) is 6.32. The number of hydrogen-bond donors (Lipinski definition) is 1. The predicted octanol–water partition coefficient (Wildman–Crippen LogP) is 2.48. The quantitative estimate of drug-likeness (QED) is 0.844. The average Bonchev–Trinajstić information content (AvgIpc) is 2.34. The van der Waals surface area contributed by atoms with Gasteiger partial charge in [-0.2, -0.15) is 0 Å². The van der Waals surface area contributed by atoms with E-state index in [1.165, 1.54) is 43.5 Å². The van der Waals surface area contributed by atoms with Crippen LogP contribution in [0.1, 0.15) is 36.4 Å². The Labute approximate surface area is 98.4 Å². The Kier molecular flexibility index (Phi) is 3.97. The smallest absolute Gasteiger partial charge is 0.0473 e. The highest BCUT2D eigenvalue weighted by molar-refractivity contribution is 5.29. The van der Waals surface area contributed by atoms with Crippen LogP contribution in [0.25, 0.3) is 0 Å². The molecule has 16 heavy (non-hydrogen) atoms. The summed E-state index contributed by atoms with van der Waals surface area (Å²) in [5, 5.41) is 0. The Bertz CT molecular complexity index is 329. The SMILES string of the molecule is Cc1ccccc1C(CN)N1CCCCC1. The number of benzene rings is 1. The first-order chi connectivity index (χ1) is 7.83. The summed E-state index contributed by atoms with van der Waals surface area (Å²) >= 11 is 0. The van der Waals surface area contributed by atoms with Gasteiger partial charge < -0.3 is 5.73 Å². The van der Waals surface area contributed by atoms with Gasteiger partial charge in [0.1, 0.15) is 0 Å². The summed E-state index contributed by atoms with van der Waals surface area (Å²) in [6.07, 6.45) is 4.02. The van der Waals surface area contributed by atoms with E-state index in [1.54, 1.807) is 0 Å². The van der Waals surface area contributed by atoms with Gasteiger partial charge in [0, 0.05) is 12.6 Å². The van der Waals surface area contributed by atoms with E-state index >= 15 is 0 Å². The Morgan fingerprint density at radius 2 is 1.88 bits per heavy atom. The molecule has 1 aliphatic rings. The molecule has 0 bridgehead atoms. The molecule has 0 aliphatic carbocycles. The van der Waals surface area contributed by atoms with Crippen molar-refractivity contribution in [3.63, 3.8) is 0 Å². The number of piperidine rings is 1. The Morgan fingerprint density at radius 3 is 2.50 bits per heavy atom. The highest BCUT2D eigenvalue weighted by Gasteiger charge is 2.21. The average molecular weight is 218 g/mol. The fourth-order valence-electron chi connectivity index (χ4n) is 2.66. The molecule has 88 valence electrons. The summed E-state index contributed by atoms with van der Waals surface area (Å²) in [6, 6.07) is 9.04. The molecule has 0 amide bonds. The topological polar surface area (TPSA) is 29.3 Å². The van der Waals surface area contributed by atoms with Gasteiger partial charge in [-0.3, -0.25) is 4.90 Å².